The van der Waals surface area contributed by atoms with Gasteiger partial charge in [0.05, 0.1) is 32.5 Å². The molecule has 1 rings (SSSR count). The van der Waals surface area contributed by atoms with E-state index < -0.39 is 11.9 Å². The van der Waals surface area contributed by atoms with Crippen molar-refractivity contribution >= 4 is 11.9 Å². The lowest BCUT2D eigenvalue weighted by molar-refractivity contribution is -0.142. The Morgan fingerprint density at radius 3 is 2.52 bits per heavy atom. The largest absolute Gasteiger partial charge is 0.491 e. The van der Waals surface area contributed by atoms with Gasteiger partial charge in [-0.05, 0) is 18.2 Å². The average Bonchev–Trinajstić information content (AvgIpc) is 2.49. The number of hydrogen-bond acceptors (Lipinski definition) is 6. The third-order valence-electron chi connectivity index (χ3n) is 2.35. The van der Waals surface area contributed by atoms with Crippen LogP contribution in [0.3, 0.4) is 0 Å². The summed E-state index contributed by atoms with van der Waals surface area (Å²) in [7, 11) is 1.32. The highest BCUT2D eigenvalue weighted by molar-refractivity contribution is 5.89. The first-order valence-corrected chi connectivity index (χ1v) is 6.32. The Morgan fingerprint density at radius 1 is 1.10 bits per heavy atom. The molecule has 116 valence electrons. The average molecular weight is 298 g/mol. The van der Waals surface area contributed by atoms with Crippen LogP contribution in [0.5, 0.6) is 5.75 Å². The van der Waals surface area contributed by atoms with Gasteiger partial charge in [-0.2, -0.15) is 0 Å². The van der Waals surface area contributed by atoms with Crippen LogP contribution in [0.4, 0.5) is 0 Å². The minimum atomic E-state index is -1.01. The normalized spacial score (nSPS) is 10.1. The molecule has 7 nitrogen and oxygen atoms in total. The number of methoxy groups -OCH3 is 1. The van der Waals surface area contributed by atoms with Gasteiger partial charge in [-0.1, -0.05) is 6.07 Å². The molecule has 0 radical (unpaired) electrons. The van der Waals surface area contributed by atoms with Crippen LogP contribution in [0.1, 0.15) is 10.4 Å². The summed E-state index contributed by atoms with van der Waals surface area (Å²) >= 11 is 0. The van der Waals surface area contributed by atoms with Crippen molar-refractivity contribution in [2.45, 2.75) is 0 Å². The molecule has 0 fully saturated rings. The van der Waals surface area contributed by atoms with Crippen LogP contribution in [-0.2, 0) is 19.0 Å². The highest BCUT2D eigenvalue weighted by atomic mass is 16.5. The van der Waals surface area contributed by atoms with Crippen LogP contribution in [0, 0.1) is 0 Å². The van der Waals surface area contributed by atoms with Crippen LogP contribution in [0.25, 0.3) is 0 Å². The first-order valence-electron chi connectivity index (χ1n) is 6.32. The van der Waals surface area contributed by atoms with Crippen molar-refractivity contribution in [3.8, 4) is 5.75 Å². The van der Waals surface area contributed by atoms with E-state index >= 15 is 0 Å². The lowest BCUT2D eigenvalue weighted by atomic mass is 10.2. The highest BCUT2D eigenvalue weighted by Gasteiger charge is 2.05. The molecule has 1 N–H and O–H groups in total. The Bertz CT molecular complexity index is 458. The predicted molar refractivity (Wildman–Crippen MR) is 72.6 cm³/mol. The molecule has 0 heterocycles. The molecule has 0 amide bonds. The SMILES string of the molecule is COC(=O)c1cccc(OCCOCCOCC(=O)O)c1. The molecule has 0 spiro atoms. The molecule has 0 aliphatic heterocycles. The van der Waals surface area contributed by atoms with E-state index in [-0.39, 0.29) is 13.2 Å². The zero-order chi connectivity index (χ0) is 15.5. The fraction of sp³-hybridized carbons (Fsp3) is 0.429. The van der Waals surface area contributed by atoms with E-state index in [1.807, 2.05) is 0 Å². The Morgan fingerprint density at radius 2 is 1.81 bits per heavy atom. The van der Waals surface area contributed by atoms with Gasteiger partial charge in [0.15, 0.2) is 0 Å². The molecular weight excluding hydrogens is 280 g/mol. The van der Waals surface area contributed by atoms with Crippen LogP contribution in [0.2, 0.25) is 0 Å². The maximum atomic E-state index is 11.3. The monoisotopic (exact) mass is 298 g/mol. The zero-order valence-corrected chi connectivity index (χ0v) is 11.7. The molecule has 0 unspecified atom stereocenters. The second-order valence-electron chi connectivity index (χ2n) is 3.93. The summed E-state index contributed by atoms with van der Waals surface area (Å²) in [4.78, 5) is 21.5. The molecule has 0 saturated heterocycles. The summed E-state index contributed by atoms with van der Waals surface area (Å²) in [5.74, 6) is -0.889. The quantitative estimate of drug-likeness (QED) is 0.508. The van der Waals surface area contributed by atoms with Crippen LogP contribution in [0.15, 0.2) is 24.3 Å². The number of benzene rings is 1. The van der Waals surface area contributed by atoms with E-state index in [1.54, 1.807) is 24.3 Å². The summed E-state index contributed by atoms with van der Waals surface area (Å²) in [6.07, 6.45) is 0. The second-order valence-corrected chi connectivity index (χ2v) is 3.93. The van der Waals surface area contributed by atoms with Gasteiger partial charge in [-0.3, -0.25) is 0 Å². The number of esters is 1. The lowest BCUT2D eigenvalue weighted by Crippen LogP contribution is -2.14. The van der Waals surface area contributed by atoms with Crippen LogP contribution >= 0.6 is 0 Å². The number of carboxylic acid groups (broad SMARTS) is 1. The summed E-state index contributed by atoms with van der Waals surface area (Å²) < 4.78 is 20.0. The van der Waals surface area contributed by atoms with E-state index in [0.29, 0.717) is 31.1 Å². The number of rotatable bonds is 10. The van der Waals surface area contributed by atoms with E-state index in [9.17, 15) is 9.59 Å². The number of carboxylic acids is 1. The lowest BCUT2D eigenvalue weighted by Gasteiger charge is -2.08. The minimum Gasteiger partial charge on any atom is -0.491 e. The van der Waals surface area contributed by atoms with E-state index in [4.69, 9.17) is 19.3 Å². The Labute approximate surface area is 122 Å². The van der Waals surface area contributed by atoms with Gasteiger partial charge in [-0.25, -0.2) is 9.59 Å². The van der Waals surface area contributed by atoms with Crippen molar-refractivity contribution in [3.63, 3.8) is 0 Å². The van der Waals surface area contributed by atoms with Gasteiger partial charge in [0.1, 0.15) is 19.0 Å². The van der Waals surface area contributed by atoms with Crippen molar-refractivity contribution in [1.29, 1.82) is 0 Å². The number of carbonyl (C=O) groups is 2. The molecule has 1 aromatic rings. The number of hydrogen-bond donors (Lipinski definition) is 1. The maximum Gasteiger partial charge on any atom is 0.337 e. The molecule has 7 heteroatoms. The fourth-order valence-electron chi connectivity index (χ4n) is 1.43. The molecule has 0 atom stereocenters. The van der Waals surface area contributed by atoms with Crippen molar-refractivity contribution in [2.75, 3.05) is 40.1 Å². The third-order valence-corrected chi connectivity index (χ3v) is 2.35. The number of ether oxygens (including phenoxy) is 4. The van der Waals surface area contributed by atoms with E-state index in [1.165, 1.54) is 7.11 Å². The minimum absolute atomic E-state index is 0.212. The van der Waals surface area contributed by atoms with E-state index in [0.717, 1.165) is 0 Å². The van der Waals surface area contributed by atoms with Crippen molar-refractivity contribution in [3.05, 3.63) is 29.8 Å². The smallest absolute Gasteiger partial charge is 0.337 e. The summed E-state index contributed by atoms with van der Waals surface area (Å²) in [5.41, 5.74) is 0.415. The van der Waals surface area contributed by atoms with E-state index in [2.05, 4.69) is 4.74 Å². The van der Waals surface area contributed by atoms with Crippen LogP contribution < -0.4 is 4.74 Å². The third kappa shape index (κ3) is 7.28. The summed E-state index contributed by atoms with van der Waals surface area (Å²) in [6, 6.07) is 6.64. The van der Waals surface area contributed by atoms with Gasteiger partial charge >= 0.3 is 11.9 Å². The predicted octanol–water partition coefficient (Wildman–Crippen LogP) is 0.970. The van der Waals surface area contributed by atoms with Crippen molar-refractivity contribution in [1.82, 2.24) is 0 Å². The Kier molecular flexibility index (Phi) is 7.85. The topological polar surface area (TPSA) is 91.3 Å². The van der Waals surface area contributed by atoms with Gasteiger partial charge in [0.25, 0.3) is 0 Å². The van der Waals surface area contributed by atoms with Gasteiger partial charge in [-0.15, -0.1) is 0 Å². The maximum absolute atomic E-state index is 11.3. The molecule has 0 saturated carbocycles. The fourth-order valence-corrected chi connectivity index (χ4v) is 1.43. The molecule has 21 heavy (non-hydrogen) atoms. The second kappa shape index (κ2) is 9.73. The first-order chi connectivity index (χ1) is 10.1. The Hall–Kier alpha value is -2.12. The molecule has 1 aromatic carbocycles. The number of carbonyl (C=O) groups excluding carboxylic acids is 1. The van der Waals surface area contributed by atoms with Crippen molar-refractivity contribution in [2.24, 2.45) is 0 Å². The van der Waals surface area contributed by atoms with Gasteiger partial charge in [0.2, 0.25) is 0 Å². The first kappa shape index (κ1) is 16.9. The van der Waals surface area contributed by atoms with Crippen molar-refractivity contribution < 1.29 is 33.6 Å². The highest BCUT2D eigenvalue weighted by Crippen LogP contribution is 2.13. The van der Waals surface area contributed by atoms with Gasteiger partial charge < -0.3 is 24.1 Å². The molecule has 0 aliphatic carbocycles. The van der Waals surface area contributed by atoms with Gasteiger partial charge in [0, 0.05) is 0 Å². The molecule has 0 aromatic heterocycles. The molecular formula is C14H18O7. The molecule has 0 bridgehead atoms. The summed E-state index contributed by atoms with van der Waals surface area (Å²) in [6.45, 7) is 0.811. The number of aliphatic carboxylic acids is 1. The summed E-state index contributed by atoms with van der Waals surface area (Å²) in [5, 5.41) is 8.34. The zero-order valence-electron chi connectivity index (χ0n) is 11.7. The standard InChI is InChI=1S/C14H18O7/c1-18-14(17)11-3-2-4-12(9-11)21-8-7-19-5-6-20-10-13(15)16/h2-4,9H,5-8,10H2,1H3,(H,15,16). The molecule has 0 aliphatic rings. The van der Waals surface area contributed by atoms with Crippen LogP contribution in [-0.4, -0.2) is 57.2 Å². The Balaban J connectivity index is 2.15.